The van der Waals surface area contributed by atoms with E-state index in [9.17, 15) is 4.39 Å². The van der Waals surface area contributed by atoms with Crippen molar-refractivity contribution in [2.24, 2.45) is 0 Å². The largest absolute Gasteiger partial charge is 0.367 e. The molecule has 3 heterocycles. The van der Waals surface area contributed by atoms with Gasteiger partial charge in [-0.25, -0.2) is 14.4 Å². The Bertz CT molecular complexity index is 892. The lowest BCUT2D eigenvalue weighted by Crippen LogP contribution is -2.08. The summed E-state index contributed by atoms with van der Waals surface area (Å²) in [4.78, 5) is 8.99. The maximum absolute atomic E-state index is 13.2. The Hall–Kier alpha value is -1.79. The Labute approximate surface area is 154 Å². The monoisotopic (exact) mass is 376 g/mol. The molecule has 0 radical (unpaired) electrons. The predicted molar refractivity (Wildman–Crippen MR) is 101 cm³/mol. The van der Waals surface area contributed by atoms with Gasteiger partial charge in [0.2, 0.25) is 0 Å². The number of rotatable bonds is 5. The standard InChI is InChI=1S/C18H18ClFN4S/c19-13-10-12(3-4-14(13)20)5-6-21-17-18-23-11-15(16-2-1-9-25-16)24(18)8-7-22-17/h3-4,7-8,10-11,16H,1-2,5-6,9H2,(H,21,22)/t16-/m0/s1. The summed E-state index contributed by atoms with van der Waals surface area (Å²) in [6.45, 7) is 0.676. The van der Waals surface area contributed by atoms with Crippen molar-refractivity contribution in [3.63, 3.8) is 0 Å². The fourth-order valence-corrected chi connectivity index (χ4v) is 4.63. The SMILES string of the molecule is Fc1ccc(CCNc2nccn3c([C@@H]4CCCS4)cnc23)cc1Cl. The summed E-state index contributed by atoms with van der Waals surface area (Å²) in [7, 11) is 0. The van der Waals surface area contributed by atoms with Crippen LogP contribution in [-0.4, -0.2) is 26.7 Å². The molecular weight excluding hydrogens is 359 g/mol. The lowest BCUT2D eigenvalue weighted by Gasteiger charge is -2.10. The van der Waals surface area contributed by atoms with E-state index < -0.39 is 0 Å². The van der Waals surface area contributed by atoms with Gasteiger partial charge in [-0.15, -0.1) is 0 Å². The van der Waals surface area contributed by atoms with Crippen molar-refractivity contribution in [3.05, 3.63) is 58.9 Å². The second-order valence-electron chi connectivity index (χ2n) is 6.08. The highest BCUT2D eigenvalue weighted by atomic mass is 35.5. The number of imidazole rings is 1. The average molecular weight is 377 g/mol. The van der Waals surface area contributed by atoms with Gasteiger partial charge in [0.25, 0.3) is 0 Å². The van der Waals surface area contributed by atoms with Crippen LogP contribution in [0.15, 0.2) is 36.8 Å². The Morgan fingerprint density at radius 2 is 2.28 bits per heavy atom. The van der Waals surface area contributed by atoms with Crippen molar-refractivity contribution in [2.75, 3.05) is 17.6 Å². The van der Waals surface area contributed by atoms with Gasteiger partial charge in [-0.05, 0) is 42.7 Å². The molecule has 0 saturated carbocycles. The molecule has 0 unspecified atom stereocenters. The van der Waals surface area contributed by atoms with Crippen molar-refractivity contribution < 1.29 is 4.39 Å². The molecule has 7 heteroatoms. The third-order valence-corrected chi connectivity index (χ3v) is 6.10. The highest BCUT2D eigenvalue weighted by molar-refractivity contribution is 7.99. The van der Waals surface area contributed by atoms with E-state index in [2.05, 4.69) is 19.7 Å². The number of halogens is 2. The molecular formula is C18H18ClFN4S. The second kappa shape index (κ2) is 7.22. The first-order valence-corrected chi connectivity index (χ1v) is 9.76. The first-order chi connectivity index (χ1) is 12.2. The van der Waals surface area contributed by atoms with Gasteiger partial charge < -0.3 is 5.32 Å². The topological polar surface area (TPSA) is 42.2 Å². The summed E-state index contributed by atoms with van der Waals surface area (Å²) < 4.78 is 15.4. The summed E-state index contributed by atoms with van der Waals surface area (Å²) in [5.74, 6) is 1.60. The van der Waals surface area contributed by atoms with E-state index in [-0.39, 0.29) is 10.8 Å². The molecule has 2 aromatic heterocycles. The molecule has 1 saturated heterocycles. The lowest BCUT2D eigenvalue weighted by atomic mass is 10.1. The van der Waals surface area contributed by atoms with Crippen LogP contribution in [0.5, 0.6) is 0 Å². The molecule has 130 valence electrons. The molecule has 4 rings (SSSR count). The third kappa shape index (κ3) is 3.46. The highest BCUT2D eigenvalue weighted by Crippen LogP contribution is 2.40. The normalized spacial score (nSPS) is 17.3. The molecule has 0 bridgehead atoms. The molecule has 1 aromatic carbocycles. The van der Waals surface area contributed by atoms with E-state index in [1.807, 2.05) is 24.2 Å². The molecule has 0 amide bonds. The van der Waals surface area contributed by atoms with E-state index in [1.165, 1.54) is 30.4 Å². The van der Waals surface area contributed by atoms with Crippen molar-refractivity contribution in [2.45, 2.75) is 24.5 Å². The van der Waals surface area contributed by atoms with E-state index in [0.29, 0.717) is 11.8 Å². The van der Waals surface area contributed by atoms with Crippen LogP contribution in [0.3, 0.4) is 0 Å². The molecule has 1 atom stereocenters. The smallest absolute Gasteiger partial charge is 0.180 e. The zero-order valence-electron chi connectivity index (χ0n) is 13.6. The van der Waals surface area contributed by atoms with Crippen LogP contribution >= 0.6 is 23.4 Å². The van der Waals surface area contributed by atoms with Crippen molar-refractivity contribution >= 4 is 34.8 Å². The van der Waals surface area contributed by atoms with Crippen LogP contribution in [0.25, 0.3) is 5.65 Å². The number of hydrogen-bond acceptors (Lipinski definition) is 4. The fourth-order valence-electron chi connectivity index (χ4n) is 3.13. The number of benzene rings is 1. The van der Waals surface area contributed by atoms with Crippen molar-refractivity contribution in [3.8, 4) is 0 Å². The van der Waals surface area contributed by atoms with Gasteiger partial charge in [-0.1, -0.05) is 17.7 Å². The summed E-state index contributed by atoms with van der Waals surface area (Å²) in [5, 5.41) is 4.01. The number of anilines is 1. The highest BCUT2D eigenvalue weighted by Gasteiger charge is 2.21. The Kier molecular flexibility index (Phi) is 4.81. The van der Waals surface area contributed by atoms with Gasteiger partial charge in [-0.3, -0.25) is 4.40 Å². The zero-order chi connectivity index (χ0) is 17.2. The van der Waals surface area contributed by atoms with Gasteiger partial charge >= 0.3 is 0 Å². The fraction of sp³-hybridized carbons (Fsp3) is 0.333. The van der Waals surface area contributed by atoms with E-state index in [4.69, 9.17) is 11.6 Å². The number of aromatic nitrogens is 3. The third-order valence-electron chi connectivity index (χ3n) is 4.41. The molecule has 0 spiro atoms. The minimum Gasteiger partial charge on any atom is -0.367 e. The number of fused-ring (bicyclic) bond motifs is 1. The first-order valence-electron chi connectivity index (χ1n) is 8.34. The van der Waals surface area contributed by atoms with Crippen LogP contribution in [0.2, 0.25) is 5.02 Å². The molecule has 25 heavy (non-hydrogen) atoms. The molecule has 4 nitrogen and oxygen atoms in total. The minimum atomic E-state index is -0.389. The van der Waals surface area contributed by atoms with Crippen LogP contribution < -0.4 is 5.32 Å². The maximum Gasteiger partial charge on any atom is 0.180 e. The second-order valence-corrected chi connectivity index (χ2v) is 7.80. The summed E-state index contributed by atoms with van der Waals surface area (Å²) in [5.41, 5.74) is 3.08. The van der Waals surface area contributed by atoms with Crippen molar-refractivity contribution in [1.29, 1.82) is 0 Å². The molecule has 1 aliphatic rings. The maximum atomic E-state index is 13.2. The Balaban J connectivity index is 1.48. The molecule has 1 N–H and O–H groups in total. The summed E-state index contributed by atoms with van der Waals surface area (Å²) in [6.07, 6.45) is 8.93. The van der Waals surface area contributed by atoms with Crippen molar-refractivity contribution in [1.82, 2.24) is 14.4 Å². The van der Waals surface area contributed by atoms with Gasteiger partial charge in [0.05, 0.1) is 16.9 Å². The predicted octanol–water partition coefficient (Wildman–Crippen LogP) is 4.74. The average Bonchev–Trinajstić information content (AvgIpc) is 3.27. The van der Waals surface area contributed by atoms with Gasteiger partial charge in [0, 0.05) is 24.2 Å². The van der Waals surface area contributed by atoms with E-state index >= 15 is 0 Å². The summed E-state index contributed by atoms with van der Waals surface area (Å²) >= 11 is 7.82. The first kappa shape index (κ1) is 16.7. The number of thioether (sulfide) groups is 1. The number of hydrogen-bond donors (Lipinski definition) is 1. The minimum absolute atomic E-state index is 0.157. The van der Waals surface area contributed by atoms with Gasteiger partial charge in [0.15, 0.2) is 11.5 Å². The zero-order valence-corrected chi connectivity index (χ0v) is 15.2. The van der Waals surface area contributed by atoms with Crippen LogP contribution in [0.1, 0.15) is 29.3 Å². The molecule has 3 aromatic rings. The van der Waals surface area contributed by atoms with Gasteiger partial charge in [0.1, 0.15) is 5.82 Å². The molecule has 0 aliphatic carbocycles. The Morgan fingerprint density at radius 3 is 3.08 bits per heavy atom. The van der Waals surface area contributed by atoms with E-state index in [0.717, 1.165) is 23.4 Å². The molecule has 1 aliphatic heterocycles. The molecule has 1 fully saturated rings. The Morgan fingerprint density at radius 1 is 1.36 bits per heavy atom. The number of nitrogens with zero attached hydrogens (tertiary/aromatic N) is 3. The lowest BCUT2D eigenvalue weighted by molar-refractivity contribution is 0.627. The quantitative estimate of drug-likeness (QED) is 0.698. The summed E-state index contributed by atoms with van der Waals surface area (Å²) in [6, 6.07) is 4.82. The number of nitrogens with one attached hydrogen (secondary N) is 1. The van der Waals surface area contributed by atoms with Crippen LogP contribution in [-0.2, 0) is 6.42 Å². The van der Waals surface area contributed by atoms with Crippen LogP contribution in [0.4, 0.5) is 10.2 Å². The van der Waals surface area contributed by atoms with Gasteiger partial charge in [-0.2, -0.15) is 11.8 Å². The van der Waals surface area contributed by atoms with E-state index in [1.54, 1.807) is 18.3 Å². The van der Waals surface area contributed by atoms with Crippen LogP contribution in [0, 0.1) is 5.82 Å².